The average Bonchev–Trinajstić information content (AvgIpc) is 2.55. The molecule has 10 nitrogen and oxygen atoms in total. The van der Waals surface area contributed by atoms with Crippen LogP contribution in [0.25, 0.3) is 0 Å². The van der Waals surface area contributed by atoms with Crippen LogP contribution < -0.4 is 21.7 Å². The monoisotopic (exact) mass is 328 g/mol. The molecule has 128 valence electrons. The first-order chi connectivity index (χ1) is 10.8. The third-order valence-corrected chi connectivity index (χ3v) is 3.31. The molecule has 0 spiro atoms. The summed E-state index contributed by atoms with van der Waals surface area (Å²) < 4.78 is 0. The van der Waals surface area contributed by atoms with E-state index < -0.39 is 29.9 Å². The van der Waals surface area contributed by atoms with Crippen LogP contribution in [0, 0.1) is 0 Å². The molecule has 23 heavy (non-hydrogen) atoms. The summed E-state index contributed by atoms with van der Waals surface area (Å²) in [7, 11) is 0. The van der Waals surface area contributed by atoms with Crippen molar-refractivity contribution in [1.82, 2.24) is 16.0 Å². The Balaban J connectivity index is 2.67. The van der Waals surface area contributed by atoms with Gasteiger partial charge in [0.25, 0.3) is 0 Å². The van der Waals surface area contributed by atoms with Gasteiger partial charge >= 0.3 is 5.97 Å². The molecule has 1 rings (SSSR count). The molecule has 1 fully saturated rings. The first-order valence-corrected chi connectivity index (χ1v) is 7.13. The van der Waals surface area contributed by atoms with Gasteiger partial charge in [-0.25, -0.2) is 0 Å². The maximum absolute atomic E-state index is 12.2. The Morgan fingerprint density at radius 3 is 2.61 bits per heavy atom. The zero-order chi connectivity index (χ0) is 17.4. The fourth-order valence-corrected chi connectivity index (χ4v) is 2.01. The second-order valence-corrected chi connectivity index (χ2v) is 5.18. The van der Waals surface area contributed by atoms with Crippen molar-refractivity contribution in [3.8, 4) is 0 Å². The molecule has 0 aromatic heterocycles. The molecule has 1 heterocycles. The molecule has 0 aromatic rings. The Morgan fingerprint density at radius 1 is 1.30 bits per heavy atom. The fraction of sp³-hybridized carbons (Fsp3) is 0.615. The highest BCUT2D eigenvalue weighted by Crippen LogP contribution is 2.03. The van der Waals surface area contributed by atoms with Crippen LogP contribution in [-0.4, -0.2) is 59.8 Å². The van der Waals surface area contributed by atoms with Crippen molar-refractivity contribution >= 4 is 29.5 Å². The van der Waals surface area contributed by atoms with Gasteiger partial charge < -0.3 is 21.5 Å². The topological polar surface area (TPSA) is 168 Å². The van der Waals surface area contributed by atoms with Crippen molar-refractivity contribution < 1.29 is 29.1 Å². The first-order valence-electron chi connectivity index (χ1n) is 7.13. The van der Waals surface area contributed by atoms with Gasteiger partial charge in [0.1, 0.15) is 6.04 Å². The quantitative estimate of drug-likeness (QED) is 0.352. The zero-order valence-corrected chi connectivity index (χ0v) is 12.5. The zero-order valence-electron chi connectivity index (χ0n) is 12.5. The predicted octanol–water partition coefficient (Wildman–Crippen LogP) is -2.74. The molecule has 6 N–H and O–H groups in total. The summed E-state index contributed by atoms with van der Waals surface area (Å²) in [4.78, 5) is 56.9. The number of carbonyl (C=O) groups is 5. The van der Waals surface area contributed by atoms with Crippen molar-refractivity contribution in [3.63, 3.8) is 0 Å². The number of aliphatic carboxylic acids is 1. The summed E-state index contributed by atoms with van der Waals surface area (Å²) in [6.45, 7) is -0.211. The van der Waals surface area contributed by atoms with Gasteiger partial charge in [-0.2, -0.15) is 0 Å². The molecule has 3 amide bonds. The number of nitrogens with two attached hydrogens (primary N) is 1. The number of nitrogens with one attached hydrogen (secondary N) is 3. The average molecular weight is 328 g/mol. The number of carboxylic acids is 1. The molecule has 0 aliphatic carbocycles. The van der Waals surface area contributed by atoms with Gasteiger partial charge in [-0.3, -0.25) is 29.3 Å². The third kappa shape index (κ3) is 6.87. The van der Waals surface area contributed by atoms with Gasteiger partial charge in [0.2, 0.25) is 17.7 Å². The lowest BCUT2D eigenvalue weighted by atomic mass is 10.1. The lowest BCUT2D eigenvalue weighted by Gasteiger charge is -2.20. The summed E-state index contributed by atoms with van der Waals surface area (Å²) in [6, 6.07) is -1.98. The minimum absolute atomic E-state index is 0.0364. The standard InChI is InChI=1S/C13H20N4O6/c14-12(22)8(2-4-11(20)21)17-13(23)9-1-3-10(19)16-6-7(18)5-15-9/h8-9,15H,1-6H2,(H2,14,22)(H,16,19)(H,17,23)(H,20,21). The van der Waals surface area contributed by atoms with E-state index in [1.165, 1.54) is 0 Å². The number of ketones is 1. The molecule has 2 atom stereocenters. The summed E-state index contributed by atoms with van der Waals surface area (Å²) in [5, 5.41) is 16.1. The summed E-state index contributed by atoms with van der Waals surface area (Å²) in [5.74, 6) is -3.21. The number of hydrogen-bond donors (Lipinski definition) is 5. The van der Waals surface area contributed by atoms with E-state index in [0.717, 1.165) is 0 Å². The minimum Gasteiger partial charge on any atom is -0.481 e. The van der Waals surface area contributed by atoms with E-state index in [9.17, 15) is 24.0 Å². The van der Waals surface area contributed by atoms with Crippen molar-refractivity contribution in [2.24, 2.45) is 5.73 Å². The molecule has 1 aliphatic heterocycles. The summed E-state index contributed by atoms with van der Waals surface area (Å²) in [5.41, 5.74) is 5.14. The fourth-order valence-electron chi connectivity index (χ4n) is 2.01. The van der Waals surface area contributed by atoms with Gasteiger partial charge in [0.05, 0.1) is 19.1 Å². The normalized spacial score (nSPS) is 20.4. The number of Topliss-reactive ketones (excluding diaryl/α,β-unsaturated/α-hetero) is 1. The summed E-state index contributed by atoms with van der Waals surface area (Å²) >= 11 is 0. The molecule has 0 aromatic carbocycles. The Labute approximate surface area is 132 Å². The second-order valence-electron chi connectivity index (χ2n) is 5.18. The number of amides is 3. The van der Waals surface area contributed by atoms with Crippen LogP contribution >= 0.6 is 0 Å². The van der Waals surface area contributed by atoms with Crippen LogP contribution in [0.1, 0.15) is 25.7 Å². The number of carbonyl (C=O) groups excluding carboxylic acids is 4. The van der Waals surface area contributed by atoms with Crippen LogP contribution in [0.4, 0.5) is 0 Å². The highest BCUT2D eigenvalue weighted by molar-refractivity contribution is 5.92. The first kappa shape index (κ1) is 18.6. The Bertz CT molecular complexity index is 487. The number of primary amides is 1. The SMILES string of the molecule is NC(=O)C(CCC(=O)O)NC(=O)C1CCC(=O)NCC(=O)CN1. The third-order valence-electron chi connectivity index (χ3n) is 3.31. The van der Waals surface area contributed by atoms with Gasteiger partial charge in [-0.1, -0.05) is 0 Å². The van der Waals surface area contributed by atoms with E-state index in [4.69, 9.17) is 10.8 Å². The Hall–Kier alpha value is -2.49. The highest BCUT2D eigenvalue weighted by atomic mass is 16.4. The van der Waals surface area contributed by atoms with E-state index >= 15 is 0 Å². The maximum Gasteiger partial charge on any atom is 0.303 e. The maximum atomic E-state index is 12.2. The minimum atomic E-state index is -1.13. The van der Waals surface area contributed by atoms with Gasteiger partial charge in [-0.05, 0) is 12.8 Å². The Morgan fingerprint density at radius 2 is 2.00 bits per heavy atom. The van der Waals surface area contributed by atoms with Crippen molar-refractivity contribution in [2.75, 3.05) is 13.1 Å². The summed E-state index contributed by atoms with van der Waals surface area (Å²) in [6.07, 6.45) is -0.292. The Kier molecular flexibility index (Phi) is 7.13. The highest BCUT2D eigenvalue weighted by Gasteiger charge is 2.26. The van der Waals surface area contributed by atoms with Crippen molar-refractivity contribution in [2.45, 2.75) is 37.8 Å². The predicted molar refractivity (Wildman–Crippen MR) is 77.0 cm³/mol. The van der Waals surface area contributed by atoms with E-state index in [1.807, 2.05) is 0 Å². The second kappa shape index (κ2) is 8.83. The van der Waals surface area contributed by atoms with Crippen molar-refractivity contribution in [3.05, 3.63) is 0 Å². The molecular formula is C13H20N4O6. The lowest BCUT2D eigenvalue weighted by molar-refractivity contribution is -0.138. The molecule has 1 saturated heterocycles. The van der Waals surface area contributed by atoms with Gasteiger partial charge in [-0.15, -0.1) is 0 Å². The molecule has 0 radical (unpaired) electrons. The molecular weight excluding hydrogens is 308 g/mol. The lowest BCUT2D eigenvalue weighted by Crippen LogP contribution is -2.52. The van der Waals surface area contributed by atoms with Gasteiger partial charge in [0, 0.05) is 12.8 Å². The van der Waals surface area contributed by atoms with Crippen molar-refractivity contribution in [1.29, 1.82) is 0 Å². The van der Waals surface area contributed by atoms with E-state index in [1.54, 1.807) is 0 Å². The van der Waals surface area contributed by atoms with E-state index in [2.05, 4.69) is 16.0 Å². The smallest absolute Gasteiger partial charge is 0.303 e. The van der Waals surface area contributed by atoms with Crippen LogP contribution in [-0.2, 0) is 24.0 Å². The molecule has 1 aliphatic rings. The van der Waals surface area contributed by atoms with E-state index in [0.29, 0.717) is 0 Å². The number of hydrogen-bond acceptors (Lipinski definition) is 6. The largest absolute Gasteiger partial charge is 0.481 e. The number of carboxylic acid groups (broad SMARTS) is 1. The molecule has 2 unspecified atom stereocenters. The van der Waals surface area contributed by atoms with E-state index in [-0.39, 0.29) is 50.5 Å². The van der Waals surface area contributed by atoms with Crippen LogP contribution in [0.5, 0.6) is 0 Å². The number of rotatable bonds is 6. The van der Waals surface area contributed by atoms with Crippen LogP contribution in [0.3, 0.4) is 0 Å². The van der Waals surface area contributed by atoms with Gasteiger partial charge in [0.15, 0.2) is 5.78 Å². The molecule has 0 bridgehead atoms. The molecule has 10 heteroatoms. The van der Waals surface area contributed by atoms with Crippen LogP contribution in [0.15, 0.2) is 0 Å². The molecule has 0 saturated carbocycles. The van der Waals surface area contributed by atoms with Crippen LogP contribution in [0.2, 0.25) is 0 Å².